The standard InChI is InChI=1S/C45H61ClN2O11/c1-47(18-13-33-25-34(29-49)35(30-50)26-36(33)38(47)21-31-11-12-39(53-2)40(22-31)54-3)14-9-20-59-45(52)37(46)27-43(51)58-19-10-17-48(15-7-8-16-48)28-32-23-41(55-4)44(57-6)42(24-32)56-5/h11-12,22-27,38,49-50H,7-10,13-21,28-30H2,1-6H3/q+2/t38-,47-/m1/s1. The summed E-state index contributed by atoms with van der Waals surface area (Å²) in [5.41, 5.74) is 5.84. The van der Waals surface area contributed by atoms with E-state index in [2.05, 4.69) is 7.05 Å². The third-order valence-electron chi connectivity index (χ3n) is 11.9. The molecule has 0 unspecified atom stereocenters. The Hall–Kier alpha value is -4.53. The highest BCUT2D eigenvalue weighted by Gasteiger charge is 2.40. The van der Waals surface area contributed by atoms with Crippen LogP contribution in [-0.2, 0) is 51.7 Å². The number of methoxy groups -OCH3 is 5. The van der Waals surface area contributed by atoms with Gasteiger partial charge in [0.15, 0.2) is 23.0 Å². The van der Waals surface area contributed by atoms with Gasteiger partial charge in [-0.2, -0.15) is 0 Å². The lowest BCUT2D eigenvalue weighted by Gasteiger charge is -2.46. The van der Waals surface area contributed by atoms with Crippen LogP contribution in [0, 0.1) is 0 Å². The van der Waals surface area contributed by atoms with Crippen molar-refractivity contribution in [3.8, 4) is 28.7 Å². The van der Waals surface area contributed by atoms with Crippen molar-refractivity contribution in [1.29, 1.82) is 0 Å². The molecule has 14 heteroatoms. The molecule has 0 aromatic heterocycles. The molecule has 0 spiro atoms. The van der Waals surface area contributed by atoms with Crippen LogP contribution in [0.2, 0.25) is 0 Å². The molecule has 0 amide bonds. The Bertz CT molecular complexity index is 1920. The van der Waals surface area contributed by atoms with Crippen molar-refractivity contribution in [2.24, 2.45) is 0 Å². The van der Waals surface area contributed by atoms with Crippen LogP contribution in [0.4, 0.5) is 0 Å². The first-order chi connectivity index (χ1) is 28.4. The van der Waals surface area contributed by atoms with Gasteiger partial charge in [-0.1, -0.05) is 23.7 Å². The summed E-state index contributed by atoms with van der Waals surface area (Å²) in [5, 5.41) is 19.8. The van der Waals surface area contributed by atoms with E-state index in [0.717, 1.165) is 90.4 Å². The fraction of sp³-hybridized carbons (Fsp3) is 0.511. The number of carbonyl (C=O) groups excluding carboxylic acids is 2. The van der Waals surface area contributed by atoms with Crippen molar-refractivity contribution < 1.29 is 61.9 Å². The van der Waals surface area contributed by atoms with Gasteiger partial charge in [0, 0.05) is 55.7 Å². The Labute approximate surface area is 353 Å². The molecule has 2 aliphatic rings. The summed E-state index contributed by atoms with van der Waals surface area (Å²) in [7, 11) is 10.2. The number of benzene rings is 3. The van der Waals surface area contributed by atoms with E-state index in [9.17, 15) is 19.8 Å². The molecule has 322 valence electrons. The largest absolute Gasteiger partial charge is 0.493 e. The Kier molecular flexibility index (Phi) is 16.3. The first-order valence-electron chi connectivity index (χ1n) is 20.2. The van der Waals surface area contributed by atoms with Gasteiger partial charge in [0.2, 0.25) is 5.75 Å². The zero-order valence-corrected chi connectivity index (χ0v) is 36.1. The van der Waals surface area contributed by atoms with Gasteiger partial charge in [0.05, 0.1) is 102 Å². The maximum atomic E-state index is 12.8. The molecule has 5 rings (SSSR count). The molecule has 3 aromatic carbocycles. The monoisotopic (exact) mass is 840 g/mol. The third-order valence-corrected chi connectivity index (χ3v) is 12.2. The van der Waals surface area contributed by atoms with E-state index in [1.165, 1.54) is 0 Å². The van der Waals surface area contributed by atoms with Gasteiger partial charge in [-0.15, -0.1) is 0 Å². The summed E-state index contributed by atoms with van der Waals surface area (Å²) in [5.74, 6) is 1.60. The van der Waals surface area contributed by atoms with Gasteiger partial charge in [-0.25, -0.2) is 9.59 Å². The summed E-state index contributed by atoms with van der Waals surface area (Å²) in [6, 6.07) is 13.9. The summed E-state index contributed by atoms with van der Waals surface area (Å²) >= 11 is 6.24. The molecule has 2 N–H and O–H groups in total. The maximum Gasteiger partial charge on any atom is 0.350 e. The lowest BCUT2D eigenvalue weighted by molar-refractivity contribution is -0.941. The number of halogens is 1. The predicted molar refractivity (Wildman–Crippen MR) is 223 cm³/mol. The van der Waals surface area contributed by atoms with E-state index in [0.29, 0.717) is 64.6 Å². The van der Waals surface area contributed by atoms with Crippen molar-refractivity contribution in [3.63, 3.8) is 0 Å². The van der Waals surface area contributed by atoms with E-state index >= 15 is 0 Å². The number of ether oxygens (including phenoxy) is 7. The number of hydrogen-bond acceptors (Lipinski definition) is 11. The zero-order valence-electron chi connectivity index (χ0n) is 35.4. The average Bonchev–Trinajstić information content (AvgIpc) is 3.71. The van der Waals surface area contributed by atoms with Gasteiger partial charge in [0.1, 0.15) is 17.6 Å². The molecule has 2 aliphatic heterocycles. The second kappa shape index (κ2) is 21.1. The highest BCUT2D eigenvalue weighted by atomic mass is 35.5. The smallest absolute Gasteiger partial charge is 0.350 e. The lowest BCUT2D eigenvalue weighted by Crippen LogP contribution is -2.52. The molecule has 2 heterocycles. The SMILES string of the molecule is COc1ccc(C[C@@H]2c3cc(CO)c(CO)cc3CC[N@@+]2(C)CCCOC(=O)C(Cl)=CC(=O)OCCC[N+]2(Cc3cc(OC)c(OC)c(OC)c3)CCCC2)cc1OC. The van der Waals surface area contributed by atoms with Crippen LogP contribution in [0.1, 0.15) is 65.1 Å². The average molecular weight is 841 g/mol. The lowest BCUT2D eigenvalue weighted by atomic mass is 9.84. The fourth-order valence-electron chi connectivity index (χ4n) is 8.79. The number of rotatable bonds is 21. The third kappa shape index (κ3) is 11.2. The molecule has 0 radical (unpaired) electrons. The van der Waals surface area contributed by atoms with Crippen LogP contribution in [0.25, 0.3) is 0 Å². The fourth-order valence-corrected chi connectivity index (χ4v) is 8.94. The van der Waals surface area contributed by atoms with Gasteiger partial charge in [0.25, 0.3) is 0 Å². The number of fused-ring (bicyclic) bond motifs is 1. The molecule has 1 saturated heterocycles. The van der Waals surface area contributed by atoms with Crippen molar-refractivity contribution in [1.82, 2.24) is 0 Å². The molecule has 3 aromatic rings. The van der Waals surface area contributed by atoms with Crippen molar-refractivity contribution in [2.75, 3.05) is 88.5 Å². The number of likely N-dealkylation sites (tertiary alicyclic amines) is 1. The Balaban J connectivity index is 1.15. The van der Waals surface area contributed by atoms with E-state index in [1.54, 1.807) is 35.5 Å². The minimum Gasteiger partial charge on any atom is -0.493 e. The molecule has 13 nitrogen and oxygen atoms in total. The van der Waals surface area contributed by atoms with Crippen molar-refractivity contribution >= 4 is 23.5 Å². The number of likely N-dealkylation sites (N-methyl/N-ethyl adjacent to an activating group) is 1. The number of carbonyl (C=O) groups is 2. The summed E-state index contributed by atoms with van der Waals surface area (Å²) < 4.78 is 40.2. The number of nitrogens with zero attached hydrogens (tertiary/aromatic N) is 2. The van der Waals surface area contributed by atoms with Crippen LogP contribution in [0.5, 0.6) is 28.7 Å². The van der Waals surface area contributed by atoms with Crippen LogP contribution < -0.4 is 23.7 Å². The van der Waals surface area contributed by atoms with E-state index in [4.69, 9.17) is 44.8 Å². The molecule has 0 saturated carbocycles. The van der Waals surface area contributed by atoms with E-state index in [-0.39, 0.29) is 37.5 Å². The first kappa shape index (κ1) is 45.6. The second-order valence-corrected chi connectivity index (χ2v) is 16.0. The predicted octanol–water partition coefficient (Wildman–Crippen LogP) is 5.80. The topological polar surface area (TPSA) is 139 Å². The highest BCUT2D eigenvalue weighted by molar-refractivity contribution is 6.42. The minimum atomic E-state index is -0.784. The normalized spacial score (nSPS) is 18.5. The first-order valence-corrected chi connectivity index (χ1v) is 20.6. The van der Waals surface area contributed by atoms with Gasteiger partial charge in [-0.05, 0) is 52.6 Å². The molecule has 2 atom stereocenters. The number of esters is 2. The number of aliphatic hydroxyl groups excluding tert-OH is 2. The van der Waals surface area contributed by atoms with Gasteiger partial charge < -0.3 is 52.3 Å². The Morgan fingerprint density at radius 3 is 1.98 bits per heavy atom. The molecule has 59 heavy (non-hydrogen) atoms. The zero-order chi connectivity index (χ0) is 42.6. The molecule has 1 fully saturated rings. The Morgan fingerprint density at radius 2 is 1.36 bits per heavy atom. The van der Waals surface area contributed by atoms with E-state index in [1.807, 2.05) is 42.5 Å². The van der Waals surface area contributed by atoms with Crippen LogP contribution in [-0.4, -0.2) is 120 Å². The molecule has 0 aliphatic carbocycles. The number of hydrogen-bond donors (Lipinski definition) is 2. The van der Waals surface area contributed by atoms with Gasteiger partial charge >= 0.3 is 11.9 Å². The molecular formula is C45H61ClN2O11+2. The Morgan fingerprint density at radius 1 is 0.746 bits per heavy atom. The molecule has 0 bridgehead atoms. The maximum absolute atomic E-state index is 12.8. The number of aliphatic hydroxyl groups is 2. The van der Waals surface area contributed by atoms with Crippen molar-refractivity contribution in [3.05, 3.63) is 87.0 Å². The van der Waals surface area contributed by atoms with Crippen LogP contribution in [0.3, 0.4) is 0 Å². The van der Waals surface area contributed by atoms with Crippen LogP contribution in [0.15, 0.2) is 53.6 Å². The van der Waals surface area contributed by atoms with E-state index < -0.39 is 11.9 Å². The summed E-state index contributed by atoms with van der Waals surface area (Å²) in [6.07, 6.45) is 5.88. The highest BCUT2D eigenvalue weighted by Crippen LogP contribution is 2.41. The second-order valence-electron chi connectivity index (χ2n) is 15.6. The minimum absolute atomic E-state index is 0.000622. The molecular weight excluding hydrogens is 780 g/mol. The van der Waals surface area contributed by atoms with Crippen LogP contribution >= 0.6 is 11.6 Å². The van der Waals surface area contributed by atoms with Gasteiger partial charge in [-0.3, -0.25) is 0 Å². The quantitative estimate of drug-likeness (QED) is 0.0583. The summed E-state index contributed by atoms with van der Waals surface area (Å²) in [4.78, 5) is 25.5. The van der Waals surface area contributed by atoms with Crippen molar-refractivity contribution in [2.45, 2.75) is 64.3 Å². The summed E-state index contributed by atoms with van der Waals surface area (Å²) in [6.45, 7) is 5.11. The number of quaternary nitrogens is 2.